The Morgan fingerprint density at radius 2 is 2.04 bits per heavy atom. The van der Waals surface area contributed by atoms with Crippen LogP contribution in [-0.2, 0) is 4.79 Å². The van der Waals surface area contributed by atoms with Crippen LogP contribution in [0.3, 0.4) is 0 Å². The molecule has 1 aliphatic heterocycles. The van der Waals surface area contributed by atoms with Crippen molar-refractivity contribution in [3.63, 3.8) is 0 Å². The maximum atomic E-state index is 13.0. The lowest BCUT2D eigenvalue weighted by molar-refractivity contribution is -0.153. The molecule has 126 valence electrons. The van der Waals surface area contributed by atoms with Gasteiger partial charge in [0.05, 0.1) is 12.2 Å². The molecule has 3 rings (SSSR count). The molecule has 9 heteroatoms. The minimum Gasteiger partial charge on any atom is -0.481 e. The van der Waals surface area contributed by atoms with E-state index in [1.54, 1.807) is 6.07 Å². The fraction of sp³-hybridized carbons (Fsp3) is 0.267. The Hall–Kier alpha value is -2.84. The number of fused-ring (bicyclic) bond motifs is 1. The van der Waals surface area contributed by atoms with Crippen molar-refractivity contribution in [1.82, 2.24) is 15.1 Å². The predicted octanol–water partition coefficient (Wildman–Crippen LogP) is 2.34. The van der Waals surface area contributed by atoms with Crippen LogP contribution in [0.5, 0.6) is 0 Å². The zero-order valence-electron chi connectivity index (χ0n) is 12.1. The lowest BCUT2D eigenvalue weighted by Gasteiger charge is -2.40. The number of alkyl halides is 3. The Kier molecular flexibility index (Phi) is 3.78. The number of aliphatic carboxylic acids is 1. The summed E-state index contributed by atoms with van der Waals surface area (Å²) < 4.78 is 38.9. The largest absolute Gasteiger partial charge is 0.481 e. The lowest BCUT2D eigenvalue weighted by atomic mass is 9.80. The van der Waals surface area contributed by atoms with Crippen LogP contribution in [0.1, 0.15) is 33.4 Å². The highest BCUT2D eigenvalue weighted by Gasteiger charge is 2.48. The van der Waals surface area contributed by atoms with Crippen molar-refractivity contribution in [2.45, 2.75) is 18.1 Å². The number of aromatic nitrogens is 2. The number of rotatable bonds is 3. The second-order valence-corrected chi connectivity index (χ2v) is 5.43. The van der Waals surface area contributed by atoms with Gasteiger partial charge in [-0.25, -0.2) is 0 Å². The van der Waals surface area contributed by atoms with E-state index in [0.29, 0.717) is 4.90 Å². The topological polar surface area (TPSA) is 86.3 Å². The smallest absolute Gasteiger partial charge is 0.406 e. The van der Waals surface area contributed by atoms with Crippen molar-refractivity contribution in [1.29, 1.82) is 0 Å². The van der Waals surface area contributed by atoms with Gasteiger partial charge < -0.3 is 10.0 Å². The van der Waals surface area contributed by atoms with E-state index in [0.717, 1.165) is 0 Å². The molecular weight excluding hydrogens is 327 g/mol. The summed E-state index contributed by atoms with van der Waals surface area (Å²) in [6.07, 6.45) is -2.14. The zero-order chi connectivity index (χ0) is 17.5. The van der Waals surface area contributed by atoms with E-state index in [1.807, 2.05) is 0 Å². The van der Waals surface area contributed by atoms with Crippen LogP contribution in [0.2, 0.25) is 0 Å². The van der Waals surface area contributed by atoms with Crippen molar-refractivity contribution >= 4 is 11.9 Å². The molecule has 0 bridgehead atoms. The summed E-state index contributed by atoms with van der Waals surface area (Å²) in [5, 5.41) is 15.7. The van der Waals surface area contributed by atoms with E-state index in [-0.39, 0.29) is 16.7 Å². The number of nitrogens with one attached hydrogen (secondary N) is 1. The monoisotopic (exact) mass is 339 g/mol. The van der Waals surface area contributed by atoms with Crippen molar-refractivity contribution in [3.05, 3.63) is 53.3 Å². The molecule has 1 aromatic heterocycles. The molecule has 0 radical (unpaired) electrons. The summed E-state index contributed by atoms with van der Waals surface area (Å²) in [7, 11) is 0. The SMILES string of the molecule is O=C(O)C1c2ccccc2C(=O)N(CC(F)(F)F)C1c1cn[nH]c1. The Bertz CT molecular complexity index is 774. The Morgan fingerprint density at radius 1 is 1.33 bits per heavy atom. The number of hydrogen-bond donors (Lipinski definition) is 2. The second-order valence-electron chi connectivity index (χ2n) is 5.43. The minimum atomic E-state index is -4.66. The third-order valence-electron chi connectivity index (χ3n) is 3.92. The van der Waals surface area contributed by atoms with Gasteiger partial charge in [0.1, 0.15) is 12.5 Å². The molecule has 6 nitrogen and oxygen atoms in total. The van der Waals surface area contributed by atoms with Gasteiger partial charge in [-0.15, -0.1) is 0 Å². The van der Waals surface area contributed by atoms with Crippen molar-refractivity contribution in [2.75, 3.05) is 6.54 Å². The molecule has 24 heavy (non-hydrogen) atoms. The number of halogens is 3. The normalized spacial score (nSPS) is 20.8. The van der Waals surface area contributed by atoms with Crippen LogP contribution in [0.4, 0.5) is 13.2 Å². The van der Waals surface area contributed by atoms with E-state index in [1.165, 1.54) is 30.6 Å². The molecular formula is C15H12F3N3O3. The molecule has 0 spiro atoms. The molecule has 0 aliphatic carbocycles. The first-order chi connectivity index (χ1) is 11.3. The van der Waals surface area contributed by atoms with Crippen LogP contribution < -0.4 is 0 Å². The molecule has 1 amide bonds. The van der Waals surface area contributed by atoms with E-state index in [4.69, 9.17) is 0 Å². The Balaban J connectivity index is 2.19. The first kappa shape index (κ1) is 16.0. The molecule has 1 aliphatic rings. The van der Waals surface area contributed by atoms with Crippen LogP contribution >= 0.6 is 0 Å². The van der Waals surface area contributed by atoms with Crippen molar-refractivity contribution < 1.29 is 27.9 Å². The van der Waals surface area contributed by atoms with Gasteiger partial charge in [-0.3, -0.25) is 14.7 Å². The van der Waals surface area contributed by atoms with E-state index >= 15 is 0 Å². The van der Waals surface area contributed by atoms with Gasteiger partial charge in [-0.05, 0) is 11.6 Å². The molecule has 2 N–H and O–H groups in total. The molecule has 0 saturated carbocycles. The number of carbonyl (C=O) groups is 2. The standard InChI is InChI=1S/C15H12F3N3O3/c16-15(17,18)7-21-12(8-5-19-20-6-8)11(14(23)24)9-3-1-2-4-10(9)13(21)22/h1-6,11-12H,7H2,(H,19,20)(H,23,24). The third-order valence-corrected chi connectivity index (χ3v) is 3.92. The molecule has 2 heterocycles. The van der Waals surface area contributed by atoms with Gasteiger partial charge in [0.15, 0.2) is 0 Å². The summed E-state index contributed by atoms with van der Waals surface area (Å²) in [4.78, 5) is 24.9. The predicted molar refractivity (Wildman–Crippen MR) is 75.2 cm³/mol. The molecule has 2 aromatic rings. The van der Waals surface area contributed by atoms with Crippen LogP contribution in [0.15, 0.2) is 36.7 Å². The molecule has 2 unspecified atom stereocenters. The number of carboxylic acid groups (broad SMARTS) is 1. The fourth-order valence-corrected chi connectivity index (χ4v) is 3.02. The molecule has 0 fully saturated rings. The summed E-state index contributed by atoms with van der Waals surface area (Å²) in [6, 6.07) is 4.52. The average molecular weight is 339 g/mol. The van der Waals surface area contributed by atoms with Gasteiger partial charge in [0, 0.05) is 17.3 Å². The number of nitrogens with zero attached hydrogens (tertiary/aromatic N) is 2. The second kappa shape index (κ2) is 5.66. The fourth-order valence-electron chi connectivity index (χ4n) is 3.02. The van der Waals surface area contributed by atoms with E-state index in [2.05, 4.69) is 10.2 Å². The van der Waals surface area contributed by atoms with Gasteiger partial charge in [-0.2, -0.15) is 18.3 Å². The van der Waals surface area contributed by atoms with Gasteiger partial charge in [0.2, 0.25) is 0 Å². The summed E-state index contributed by atoms with van der Waals surface area (Å²) in [5.74, 6) is -3.49. The molecule has 0 saturated heterocycles. The first-order valence-corrected chi connectivity index (χ1v) is 6.97. The summed E-state index contributed by atoms with van der Waals surface area (Å²) in [6.45, 7) is -1.54. The number of aromatic amines is 1. The summed E-state index contributed by atoms with van der Waals surface area (Å²) >= 11 is 0. The quantitative estimate of drug-likeness (QED) is 0.899. The summed E-state index contributed by atoms with van der Waals surface area (Å²) in [5.41, 5.74) is 0.364. The Labute approximate surface area is 133 Å². The number of carboxylic acids is 1. The number of H-pyrrole nitrogens is 1. The zero-order valence-corrected chi connectivity index (χ0v) is 12.1. The number of benzene rings is 1. The van der Waals surface area contributed by atoms with Gasteiger partial charge >= 0.3 is 12.1 Å². The highest BCUT2D eigenvalue weighted by Crippen LogP contribution is 2.43. The maximum Gasteiger partial charge on any atom is 0.406 e. The average Bonchev–Trinajstić information content (AvgIpc) is 3.02. The number of carbonyl (C=O) groups excluding carboxylic acids is 1. The van der Waals surface area contributed by atoms with Gasteiger partial charge in [0.25, 0.3) is 5.91 Å². The van der Waals surface area contributed by atoms with Crippen molar-refractivity contribution in [2.24, 2.45) is 0 Å². The van der Waals surface area contributed by atoms with E-state index < -0.39 is 36.6 Å². The third kappa shape index (κ3) is 2.72. The van der Waals surface area contributed by atoms with E-state index in [9.17, 15) is 27.9 Å². The lowest BCUT2D eigenvalue weighted by Crippen LogP contribution is -2.48. The van der Waals surface area contributed by atoms with Crippen LogP contribution in [0.25, 0.3) is 0 Å². The molecule has 2 atom stereocenters. The van der Waals surface area contributed by atoms with Gasteiger partial charge in [-0.1, -0.05) is 18.2 Å². The Morgan fingerprint density at radius 3 is 2.62 bits per heavy atom. The maximum absolute atomic E-state index is 13.0. The van der Waals surface area contributed by atoms with Crippen LogP contribution in [0, 0.1) is 0 Å². The minimum absolute atomic E-state index is 0.0334. The van der Waals surface area contributed by atoms with Crippen LogP contribution in [-0.4, -0.2) is 44.8 Å². The van der Waals surface area contributed by atoms with Crippen molar-refractivity contribution in [3.8, 4) is 0 Å². The number of amides is 1. The highest BCUT2D eigenvalue weighted by atomic mass is 19.4. The highest BCUT2D eigenvalue weighted by molar-refractivity contribution is 6.00. The number of hydrogen-bond acceptors (Lipinski definition) is 3. The molecule has 1 aromatic carbocycles. The first-order valence-electron chi connectivity index (χ1n) is 6.97.